The predicted octanol–water partition coefficient (Wildman–Crippen LogP) is 2.88. The summed E-state index contributed by atoms with van der Waals surface area (Å²) in [6.45, 7) is 6.20. The smallest absolute Gasteiger partial charge is 0.243 e. The molecule has 0 radical (unpaired) electrons. The molecule has 25 heavy (non-hydrogen) atoms. The lowest BCUT2D eigenvalue weighted by Gasteiger charge is -2.38. The molecule has 0 atom stereocenters. The maximum atomic E-state index is 12.9. The third kappa shape index (κ3) is 2.81. The summed E-state index contributed by atoms with van der Waals surface area (Å²) in [5.41, 5.74) is 3.65. The van der Waals surface area contributed by atoms with Gasteiger partial charge < -0.3 is 4.57 Å². The Kier molecular flexibility index (Phi) is 4.20. The molecular formula is C19H25N3O2S. The van der Waals surface area contributed by atoms with Crippen molar-refractivity contribution in [1.82, 2.24) is 13.9 Å². The molecule has 0 N–H and O–H groups in total. The minimum atomic E-state index is -3.39. The molecule has 1 saturated heterocycles. The van der Waals surface area contributed by atoms with Crippen LogP contribution < -0.4 is 0 Å². The summed E-state index contributed by atoms with van der Waals surface area (Å²) in [5, 5.41) is 0. The molecule has 1 aromatic heterocycles. The summed E-state index contributed by atoms with van der Waals surface area (Å²) in [6, 6.07) is 5.64. The summed E-state index contributed by atoms with van der Waals surface area (Å²) >= 11 is 0. The SMILES string of the molecule is CCCn1c(C)cnc1C1CN(S(=O)(=O)c2ccc3c(c2)CCC3)C1. The van der Waals surface area contributed by atoms with Gasteiger partial charge in [-0.15, -0.1) is 0 Å². The van der Waals surface area contributed by atoms with E-state index in [1.165, 1.54) is 11.1 Å². The lowest BCUT2D eigenvalue weighted by molar-refractivity contribution is 0.250. The van der Waals surface area contributed by atoms with E-state index in [1.807, 2.05) is 18.3 Å². The van der Waals surface area contributed by atoms with Gasteiger partial charge in [-0.2, -0.15) is 4.31 Å². The quantitative estimate of drug-likeness (QED) is 0.825. The molecule has 4 rings (SSSR count). The van der Waals surface area contributed by atoms with Crippen molar-refractivity contribution < 1.29 is 8.42 Å². The molecule has 1 aliphatic heterocycles. The van der Waals surface area contributed by atoms with Gasteiger partial charge in [0.2, 0.25) is 10.0 Å². The lowest BCUT2D eigenvalue weighted by atomic mass is 10.0. The van der Waals surface area contributed by atoms with Crippen molar-refractivity contribution in [3.05, 3.63) is 47.0 Å². The Hall–Kier alpha value is -1.66. The Labute approximate surface area is 149 Å². The monoisotopic (exact) mass is 359 g/mol. The number of fused-ring (bicyclic) bond motifs is 1. The van der Waals surface area contributed by atoms with Gasteiger partial charge in [0.1, 0.15) is 5.82 Å². The van der Waals surface area contributed by atoms with Gasteiger partial charge in [-0.3, -0.25) is 0 Å². The Bertz CT molecular complexity index is 895. The number of rotatable bonds is 5. The number of aryl methyl sites for hydroxylation is 3. The number of aromatic nitrogens is 2. The molecule has 2 aliphatic rings. The number of imidazole rings is 1. The summed E-state index contributed by atoms with van der Waals surface area (Å²) in [5.74, 6) is 1.23. The molecule has 2 heterocycles. The first-order valence-corrected chi connectivity index (χ1v) is 10.6. The third-order valence-corrected chi connectivity index (χ3v) is 7.28. The molecule has 6 heteroatoms. The van der Waals surface area contributed by atoms with Crippen molar-refractivity contribution in [2.45, 2.75) is 56.9 Å². The fraction of sp³-hybridized carbons (Fsp3) is 0.526. The first-order chi connectivity index (χ1) is 12.0. The standard InChI is InChI=1S/C19H25N3O2S/c1-3-9-22-14(2)11-20-19(22)17-12-21(13-17)25(23,24)18-8-7-15-5-4-6-16(15)10-18/h7-8,10-11,17H,3-6,9,12-13H2,1-2H3. The third-order valence-electron chi connectivity index (χ3n) is 5.45. The van der Waals surface area contributed by atoms with Gasteiger partial charge in [-0.05, 0) is 55.9 Å². The fourth-order valence-electron chi connectivity index (χ4n) is 3.98. The van der Waals surface area contributed by atoms with Gasteiger partial charge in [-0.25, -0.2) is 13.4 Å². The molecule has 0 spiro atoms. The highest BCUT2D eigenvalue weighted by Gasteiger charge is 2.39. The van der Waals surface area contributed by atoms with E-state index in [1.54, 1.807) is 10.4 Å². The first kappa shape index (κ1) is 16.8. The zero-order chi connectivity index (χ0) is 17.6. The van der Waals surface area contributed by atoms with Gasteiger partial charge in [0.15, 0.2) is 0 Å². The number of benzene rings is 1. The van der Waals surface area contributed by atoms with Crippen molar-refractivity contribution in [3.8, 4) is 0 Å². The van der Waals surface area contributed by atoms with Crippen LogP contribution in [0.15, 0.2) is 29.3 Å². The Morgan fingerprint density at radius 2 is 1.96 bits per heavy atom. The Morgan fingerprint density at radius 1 is 1.20 bits per heavy atom. The van der Waals surface area contributed by atoms with Crippen LogP contribution in [0.4, 0.5) is 0 Å². The van der Waals surface area contributed by atoms with Crippen LogP contribution >= 0.6 is 0 Å². The number of hydrogen-bond acceptors (Lipinski definition) is 3. The van der Waals surface area contributed by atoms with Gasteiger partial charge >= 0.3 is 0 Å². The summed E-state index contributed by atoms with van der Waals surface area (Å²) < 4.78 is 29.6. The van der Waals surface area contributed by atoms with Crippen LogP contribution in [0, 0.1) is 6.92 Å². The minimum absolute atomic E-state index is 0.199. The fourth-order valence-corrected chi connectivity index (χ4v) is 5.56. The van der Waals surface area contributed by atoms with Crippen molar-refractivity contribution >= 4 is 10.0 Å². The van der Waals surface area contributed by atoms with E-state index < -0.39 is 10.0 Å². The van der Waals surface area contributed by atoms with Crippen LogP contribution in [0.3, 0.4) is 0 Å². The molecule has 5 nitrogen and oxygen atoms in total. The second-order valence-electron chi connectivity index (χ2n) is 7.21. The van der Waals surface area contributed by atoms with E-state index in [-0.39, 0.29) is 5.92 Å². The van der Waals surface area contributed by atoms with E-state index in [0.717, 1.165) is 43.7 Å². The van der Waals surface area contributed by atoms with Crippen LogP contribution in [0.1, 0.15) is 48.3 Å². The van der Waals surface area contributed by atoms with Crippen LogP contribution in [0.25, 0.3) is 0 Å². The molecule has 134 valence electrons. The average molecular weight is 359 g/mol. The molecule has 1 aliphatic carbocycles. The largest absolute Gasteiger partial charge is 0.332 e. The molecule has 0 unspecified atom stereocenters. The van der Waals surface area contributed by atoms with E-state index in [4.69, 9.17) is 0 Å². The summed E-state index contributed by atoms with van der Waals surface area (Å²) in [4.78, 5) is 4.98. The topological polar surface area (TPSA) is 55.2 Å². The van der Waals surface area contributed by atoms with E-state index >= 15 is 0 Å². The van der Waals surface area contributed by atoms with Gasteiger partial charge in [0, 0.05) is 37.4 Å². The zero-order valence-corrected chi connectivity index (χ0v) is 15.7. The second-order valence-corrected chi connectivity index (χ2v) is 9.15. The van der Waals surface area contributed by atoms with E-state index in [0.29, 0.717) is 18.0 Å². The molecule has 0 amide bonds. The minimum Gasteiger partial charge on any atom is -0.332 e. The summed E-state index contributed by atoms with van der Waals surface area (Å²) in [7, 11) is -3.39. The van der Waals surface area contributed by atoms with Crippen LogP contribution in [-0.4, -0.2) is 35.4 Å². The highest BCUT2D eigenvalue weighted by atomic mass is 32.2. The van der Waals surface area contributed by atoms with Crippen molar-refractivity contribution in [2.24, 2.45) is 0 Å². The van der Waals surface area contributed by atoms with Crippen molar-refractivity contribution in [1.29, 1.82) is 0 Å². The molecule has 0 saturated carbocycles. The maximum absolute atomic E-state index is 12.9. The van der Waals surface area contributed by atoms with Crippen LogP contribution in [-0.2, 0) is 29.4 Å². The Morgan fingerprint density at radius 3 is 2.72 bits per heavy atom. The second kappa shape index (κ2) is 6.25. The normalized spacial score (nSPS) is 18.3. The molecule has 0 bridgehead atoms. The molecule has 1 fully saturated rings. The molecule has 1 aromatic carbocycles. The Balaban J connectivity index is 1.52. The predicted molar refractivity (Wildman–Crippen MR) is 97.2 cm³/mol. The highest BCUT2D eigenvalue weighted by Crippen LogP contribution is 2.33. The van der Waals surface area contributed by atoms with Gasteiger partial charge in [0.25, 0.3) is 0 Å². The highest BCUT2D eigenvalue weighted by molar-refractivity contribution is 7.89. The van der Waals surface area contributed by atoms with Gasteiger partial charge in [0.05, 0.1) is 4.90 Å². The van der Waals surface area contributed by atoms with Crippen molar-refractivity contribution in [3.63, 3.8) is 0 Å². The number of sulfonamides is 1. The van der Waals surface area contributed by atoms with Crippen LogP contribution in [0.2, 0.25) is 0 Å². The van der Waals surface area contributed by atoms with E-state index in [9.17, 15) is 8.42 Å². The first-order valence-electron chi connectivity index (χ1n) is 9.14. The van der Waals surface area contributed by atoms with Crippen LogP contribution in [0.5, 0.6) is 0 Å². The maximum Gasteiger partial charge on any atom is 0.243 e. The van der Waals surface area contributed by atoms with Gasteiger partial charge in [-0.1, -0.05) is 13.0 Å². The number of hydrogen-bond donors (Lipinski definition) is 0. The molecular weight excluding hydrogens is 334 g/mol. The van der Waals surface area contributed by atoms with Crippen molar-refractivity contribution in [2.75, 3.05) is 13.1 Å². The van der Waals surface area contributed by atoms with E-state index in [2.05, 4.69) is 23.4 Å². The zero-order valence-electron chi connectivity index (χ0n) is 14.9. The summed E-state index contributed by atoms with van der Waals surface area (Å²) in [6.07, 6.45) is 6.14. The lowest BCUT2D eigenvalue weighted by Crippen LogP contribution is -2.49. The molecule has 2 aromatic rings. The number of nitrogens with zero attached hydrogens (tertiary/aromatic N) is 3. The average Bonchev–Trinajstić information content (AvgIpc) is 3.14.